The molecule has 0 amide bonds. The Kier molecular flexibility index (Phi) is 5.68. The highest BCUT2D eigenvalue weighted by atomic mass is 35.5. The molecule has 1 atom stereocenters. The Hall–Kier alpha value is -2.80. The van der Waals surface area contributed by atoms with Crippen LogP contribution in [0.1, 0.15) is 17.4 Å². The molecule has 154 valence electrons. The zero-order valence-electron chi connectivity index (χ0n) is 16.1. The second kappa shape index (κ2) is 8.75. The number of ether oxygens (including phenoxy) is 1. The number of thioether (sulfide) groups is 1. The van der Waals surface area contributed by atoms with E-state index in [0.717, 1.165) is 22.4 Å². The van der Waals surface area contributed by atoms with Crippen molar-refractivity contribution in [3.8, 4) is 17.1 Å². The smallest absolute Gasteiger partial charge is 0.247 e. The summed E-state index contributed by atoms with van der Waals surface area (Å²) in [5.41, 5.74) is 4.15. The molecule has 1 N–H and O–H groups in total. The molecule has 5 rings (SSSR count). The molecular weight excluding hydrogens is 451 g/mol. The number of nitrogens with zero attached hydrogens (tertiary/aromatic N) is 3. The van der Waals surface area contributed by atoms with Crippen molar-refractivity contribution in [3.05, 3.63) is 94.0 Å². The molecule has 0 fully saturated rings. The molecule has 0 spiro atoms. The van der Waals surface area contributed by atoms with E-state index in [1.54, 1.807) is 0 Å². The van der Waals surface area contributed by atoms with Gasteiger partial charge in [0.2, 0.25) is 11.0 Å². The number of fused-ring (bicyclic) bond motifs is 3. The second-order valence-corrected chi connectivity index (χ2v) is 8.59. The van der Waals surface area contributed by atoms with Gasteiger partial charge < -0.3 is 10.1 Å². The van der Waals surface area contributed by atoms with E-state index >= 15 is 0 Å². The lowest BCUT2D eigenvalue weighted by Crippen LogP contribution is -2.17. The van der Waals surface area contributed by atoms with Gasteiger partial charge in [-0.2, -0.15) is 4.98 Å². The van der Waals surface area contributed by atoms with Crippen LogP contribution in [0.4, 0.5) is 5.69 Å². The first-order valence-electron chi connectivity index (χ1n) is 9.57. The van der Waals surface area contributed by atoms with Gasteiger partial charge in [0.05, 0.1) is 0 Å². The van der Waals surface area contributed by atoms with Gasteiger partial charge in [-0.25, -0.2) is 0 Å². The van der Waals surface area contributed by atoms with Crippen molar-refractivity contribution in [3.63, 3.8) is 0 Å². The summed E-state index contributed by atoms with van der Waals surface area (Å²) in [6.07, 6.45) is -0.519. The van der Waals surface area contributed by atoms with Gasteiger partial charge in [0.1, 0.15) is 0 Å². The van der Waals surface area contributed by atoms with Gasteiger partial charge in [0.25, 0.3) is 0 Å². The highest BCUT2D eigenvalue weighted by molar-refractivity contribution is 7.98. The van der Waals surface area contributed by atoms with Crippen LogP contribution in [-0.4, -0.2) is 15.2 Å². The lowest BCUT2D eigenvalue weighted by atomic mass is 10.1. The summed E-state index contributed by atoms with van der Waals surface area (Å²) in [7, 11) is 0. The number of anilines is 1. The summed E-state index contributed by atoms with van der Waals surface area (Å²) in [5.74, 6) is 1.03. The molecule has 8 heteroatoms. The Labute approximate surface area is 193 Å². The van der Waals surface area contributed by atoms with Gasteiger partial charge in [0.15, 0.2) is 11.9 Å². The lowest BCUT2D eigenvalue weighted by Gasteiger charge is -2.20. The average molecular weight is 467 g/mol. The van der Waals surface area contributed by atoms with Crippen LogP contribution in [0, 0.1) is 0 Å². The highest BCUT2D eigenvalue weighted by Gasteiger charge is 2.27. The van der Waals surface area contributed by atoms with Crippen LogP contribution in [0.15, 0.2) is 78.0 Å². The Morgan fingerprint density at radius 2 is 1.61 bits per heavy atom. The second-order valence-electron chi connectivity index (χ2n) is 6.84. The van der Waals surface area contributed by atoms with Crippen molar-refractivity contribution in [2.45, 2.75) is 17.1 Å². The van der Waals surface area contributed by atoms with Gasteiger partial charge >= 0.3 is 0 Å². The number of hydrogen-bond donors (Lipinski definition) is 1. The molecule has 4 aromatic rings. The fraction of sp³-hybridized carbons (Fsp3) is 0.0870. The van der Waals surface area contributed by atoms with Gasteiger partial charge in [-0.3, -0.25) is 0 Å². The topological polar surface area (TPSA) is 59.9 Å². The number of hydrogen-bond acceptors (Lipinski definition) is 6. The number of nitrogens with one attached hydrogen (secondary N) is 1. The molecule has 1 aromatic heterocycles. The zero-order chi connectivity index (χ0) is 21.2. The molecular formula is C23H16Cl2N4OS. The van der Waals surface area contributed by atoms with Crippen molar-refractivity contribution in [1.29, 1.82) is 0 Å². The van der Waals surface area contributed by atoms with Crippen molar-refractivity contribution in [1.82, 2.24) is 15.2 Å². The summed E-state index contributed by atoms with van der Waals surface area (Å²) in [5, 5.41) is 14.0. The standard InChI is InChI=1S/C23H16Cl2N4OS/c24-17-10-4-1-7-14(17)13-31-23-27-22-20(28-29-23)16-9-3-6-12-19(16)26-21(30-22)15-8-2-5-11-18(15)25/h1-12,21,26H,13H2. The monoisotopic (exact) mass is 466 g/mol. The SMILES string of the molecule is Clc1ccccc1CSc1nnc2c(n1)OC(c1ccccc1Cl)Nc1ccccc1-2. The van der Waals surface area contributed by atoms with Crippen molar-refractivity contribution in [2.75, 3.05) is 5.32 Å². The minimum atomic E-state index is -0.519. The predicted molar refractivity (Wildman–Crippen MR) is 125 cm³/mol. The van der Waals surface area contributed by atoms with E-state index in [1.807, 2.05) is 72.8 Å². The zero-order valence-corrected chi connectivity index (χ0v) is 18.5. The van der Waals surface area contributed by atoms with E-state index in [4.69, 9.17) is 27.9 Å². The highest BCUT2D eigenvalue weighted by Crippen LogP contribution is 2.40. The minimum Gasteiger partial charge on any atom is -0.448 e. The quantitative estimate of drug-likeness (QED) is 0.340. The number of aromatic nitrogens is 3. The first-order valence-corrected chi connectivity index (χ1v) is 11.3. The average Bonchev–Trinajstić information content (AvgIpc) is 2.95. The molecule has 0 aliphatic carbocycles. The fourth-order valence-corrected chi connectivity index (χ4v) is 4.59. The molecule has 1 aliphatic rings. The van der Waals surface area contributed by atoms with E-state index in [-0.39, 0.29) is 0 Å². The third-order valence-corrected chi connectivity index (χ3v) is 6.44. The Bertz CT molecular complexity index is 1250. The summed E-state index contributed by atoms with van der Waals surface area (Å²) in [4.78, 5) is 4.66. The predicted octanol–water partition coefficient (Wildman–Crippen LogP) is 6.64. The Balaban J connectivity index is 1.51. The summed E-state index contributed by atoms with van der Waals surface area (Å²) < 4.78 is 6.27. The molecule has 0 bridgehead atoms. The lowest BCUT2D eigenvalue weighted by molar-refractivity contribution is 0.225. The van der Waals surface area contributed by atoms with E-state index in [2.05, 4.69) is 20.5 Å². The van der Waals surface area contributed by atoms with Crippen LogP contribution in [0.2, 0.25) is 10.0 Å². The Morgan fingerprint density at radius 1 is 0.871 bits per heavy atom. The number of halogens is 2. The maximum Gasteiger partial charge on any atom is 0.247 e. The molecule has 3 aromatic carbocycles. The van der Waals surface area contributed by atoms with E-state index in [1.165, 1.54) is 11.8 Å². The normalized spacial score (nSPS) is 14.6. The molecule has 5 nitrogen and oxygen atoms in total. The van der Waals surface area contributed by atoms with Crippen molar-refractivity contribution in [2.24, 2.45) is 0 Å². The van der Waals surface area contributed by atoms with Crippen molar-refractivity contribution >= 4 is 40.7 Å². The van der Waals surface area contributed by atoms with Crippen LogP contribution < -0.4 is 10.1 Å². The van der Waals surface area contributed by atoms with Crippen LogP contribution in [0.5, 0.6) is 5.88 Å². The number of para-hydroxylation sites is 1. The maximum atomic E-state index is 6.44. The summed E-state index contributed by atoms with van der Waals surface area (Å²) in [6, 6.07) is 23.1. The van der Waals surface area contributed by atoms with Crippen LogP contribution in [0.25, 0.3) is 11.3 Å². The van der Waals surface area contributed by atoms with E-state index in [0.29, 0.717) is 32.5 Å². The molecule has 0 saturated heterocycles. The van der Waals surface area contributed by atoms with E-state index < -0.39 is 6.23 Å². The molecule has 31 heavy (non-hydrogen) atoms. The largest absolute Gasteiger partial charge is 0.448 e. The Morgan fingerprint density at radius 3 is 2.45 bits per heavy atom. The summed E-state index contributed by atoms with van der Waals surface area (Å²) >= 11 is 14.2. The minimum absolute atomic E-state index is 0.402. The first-order chi connectivity index (χ1) is 15.2. The molecule has 2 heterocycles. The third kappa shape index (κ3) is 4.19. The molecule has 1 aliphatic heterocycles. The molecule has 0 radical (unpaired) electrons. The molecule has 1 unspecified atom stereocenters. The van der Waals surface area contributed by atoms with Gasteiger partial charge in [-0.15, -0.1) is 10.2 Å². The van der Waals surface area contributed by atoms with Crippen molar-refractivity contribution < 1.29 is 4.74 Å². The van der Waals surface area contributed by atoms with Gasteiger partial charge in [-0.1, -0.05) is 89.6 Å². The van der Waals surface area contributed by atoms with E-state index in [9.17, 15) is 0 Å². The van der Waals surface area contributed by atoms with Crippen LogP contribution in [-0.2, 0) is 5.75 Å². The summed E-state index contributed by atoms with van der Waals surface area (Å²) in [6.45, 7) is 0. The fourth-order valence-electron chi connectivity index (χ4n) is 3.29. The maximum absolute atomic E-state index is 6.44. The third-order valence-electron chi connectivity index (χ3n) is 4.84. The van der Waals surface area contributed by atoms with Gasteiger partial charge in [0, 0.05) is 32.6 Å². The molecule has 0 saturated carbocycles. The van der Waals surface area contributed by atoms with Crippen LogP contribution >= 0.6 is 35.0 Å². The first kappa shape index (κ1) is 20.1. The van der Waals surface area contributed by atoms with Crippen LogP contribution in [0.3, 0.4) is 0 Å². The number of rotatable bonds is 4. The number of benzene rings is 3. The van der Waals surface area contributed by atoms with Gasteiger partial charge in [-0.05, 0) is 23.8 Å².